The second kappa shape index (κ2) is 8.20. The van der Waals surface area contributed by atoms with Crippen LogP contribution in [0, 0.1) is 0 Å². The maximum atomic E-state index is 11.9. The van der Waals surface area contributed by atoms with Gasteiger partial charge in [-0.05, 0) is 43.2 Å². The maximum absolute atomic E-state index is 11.9. The molecule has 116 valence electrons. The second-order valence-electron chi connectivity index (χ2n) is 5.16. The molecule has 0 saturated carbocycles. The van der Waals surface area contributed by atoms with Gasteiger partial charge in [-0.15, -0.1) is 0 Å². The van der Waals surface area contributed by atoms with Crippen molar-refractivity contribution in [1.29, 1.82) is 0 Å². The number of nitrogens with two attached hydrogens (primary N) is 1. The lowest BCUT2D eigenvalue weighted by molar-refractivity contribution is 0.0635. The monoisotopic (exact) mass is 298 g/mol. The summed E-state index contributed by atoms with van der Waals surface area (Å²) in [5.74, 6) is -0.0869. The molecule has 0 radical (unpaired) electrons. The second-order valence-corrected chi connectivity index (χ2v) is 5.16. The van der Waals surface area contributed by atoms with Crippen molar-refractivity contribution in [3.63, 3.8) is 0 Å². The van der Waals surface area contributed by atoms with Gasteiger partial charge in [0.05, 0.1) is 6.10 Å². The molecule has 2 aromatic rings. The first kappa shape index (κ1) is 16.0. The first-order valence-electron chi connectivity index (χ1n) is 7.47. The fourth-order valence-electron chi connectivity index (χ4n) is 2.09. The van der Waals surface area contributed by atoms with E-state index in [1.807, 2.05) is 37.3 Å². The van der Waals surface area contributed by atoms with Gasteiger partial charge in [0, 0.05) is 24.4 Å². The molecule has 0 aromatic heterocycles. The fourth-order valence-corrected chi connectivity index (χ4v) is 2.09. The minimum atomic E-state index is -0.0869. The van der Waals surface area contributed by atoms with E-state index in [0.29, 0.717) is 24.4 Å². The Balaban J connectivity index is 1.65. The summed E-state index contributed by atoms with van der Waals surface area (Å²) < 4.78 is 5.76. The van der Waals surface area contributed by atoms with Gasteiger partial charge >= 0.3 is 0 Å². The minimum absolute atomic E-state index is 0.0639. The van der Waals surface area contributed by atoms with E-state index >= 15 is 0 Å². The summed E-state index contributed by atoms with van der Waals surface area (Å²) in [6, 6.07) is 17.0. The van der Waals surface area contributed by atoms with Crippen molar-refractivity contribution in [2.24, 2.45) is 0 Å². The van der Waals surface area contributed by atoms with E-state index in [-0.39, 0.29) is 12.0 Å². The summed E-state index contributed by atoms with van der Waals surface area (Å²) >= 11 is 0. The summed E-state index contributed by atoms with van der Waals surface area (Å²) in [5, 5.41) is 2.87. The highest BCUT2D eigenvalue weighted by Crippen LogP contribution is 2.15. The highest BCUT2D eigenvalue weighted by atomic mass is 16.5. The number of hydrogen-bond acceptors (Lipinski definition) is 3. The lowest BCUT2D eigenvalue weighted by atomic mass is 10.1. The van der Waals surface area contributed by atoms with Gasteiger partial charge in [0.1, 0.15) is 0 Å². The van der Waals surface area contributed by atoms with Gasteiger partial charge in [-0.3, -0.25) is 4.79 Å². The number of carbonyl (C=O) groups is 1. The Kier molecular flexibility index (Phi) is 5.98. The van der Waals surface area contributed by atoms with Crippen LogP contribution in [0.3, 0.4) is 0 Å². The van der Waals surface area contributed by atoms with E-state index in [1.54, 1.807) is 24.3 Å². The molecule has 2 aromatic carbocycles. The van der Waals surface area contributed by atoms with Crippen LogP contribution in [0.2, 0.25) is 0 Å². The van der Waals surface area contributed by atoms with Crippen molar-refractivity contribution in [2.75, 3.05) is 18.9 Å². The molecule has 1 atom stereocenters. The molecule has 2 rings (SSSR count). The van der Waals surface area contributed by atoms with Gasteiger partial charge in [-0.1, -0.05) is 30.3 Å². The van der Waals surface area contributed by atoms with E-state index < -0.39 is 0 Å². The van der Waals surface area contributed by atoms with Crippen LogP contribution in [-0.4, -0.2) is 19.1 Å². The summed E-state index contributed by atoms with van der Waals surface area (Å²) in [5.41, 5.74) is 8.03. The van der Waals surface area contributed by atoms with Crippen LogP contribution in [0.4, 0.5) is 5.69 Å². The van der Waals surface area contributed by atoms with Gasteiger partial charge in [-0.2, -0.15) is 0 Å². The number of benzene rings is 2. The van der Waals surface area contributed by atoms with Crippen LogP contribution >= 0.6 is 0 Å². The zero-order valence-electron chi connectivity index (χ0n) is 12.8. The van der Waals surface area contributed by atoms with Gasteiger partial charge in [0.15, 0.2) is 0 Å². The summed E-state index contributed by atoms with van der Waals surface area (Å²) in [4.78, 5) is 11.9. The van der Waals surface area contributed by atoms with Crippen molar-refractivity contribution >= 4 is 11.6 Å². The third kappa shape index (κ3) is 4.90. The van der Waals surface area contributed by atoms with Gasteiger partial charge in [0.2, 0.25) is 0 Å². The lowest BCUT2D eigenvalue weighted by Gasteiger charge is -2.13. The largest absolute Gasteiger partial charge is 0.399 e. The van der Waals surface area contributed by atoms with Crippen molar-refractivity contribution < 1.29 is 9.53 Å². The first-order chi connectivity index (χ1) is 10.7. The molecule has 0 aliphatic carbocycles. The van der Waals surface area contributed by atoms with Crippen LogP contribution in [0.15, 0.2) is 54.6 Å². The molecule has 0 aliphatic heterocycles. The fraction of sp³-hybridized carbons (Fsp3) is 0.278. The predicted molar refractivity (Wildman–Crippen MR) is 88.6 cm³/mol. The smallest absolute Gasteiger partial charge is 0.251 e. The summed E-state index contributed by atoms with van der Waals surface area (Å²) in [7, 11) is 0. The van der Waals surface area contributed by atoms with Crippen LogP contribution in [0.1, 0.15) is 35.4 Å². The van der Waals surface area contributed by atoms with Gasteiger partial charge in [-0.25, -0.2) is 0 Å². The quantitative estimate of drug-likeness (QED) is 0.609. The Bertz CT molecular complexity index is 582. The molecule has 3 N–H and O–H groups in total. The van der Waals surface area contributed by atoms with Crippen LogP contribution in [-0.2, 0) is 4.74 Å². The van der Waals surface area contributed by atoms with Crippen molar-refractivity contribution in [1.82, 2.24) is 5.32 Å². The Morgan fingerprint density at radius 1 is 1.14 bits per heavy atom. The normalized spacial score (nSPS) is 11.9. The summed E-state index contributed by atoms with van der Waals surface area (Å²) in [6.07, 6.45) is 0.840. The van der Waals surface area contributed by atoms with E-state index in [9.17, 15) is 4.79 Å². The Morgan fingerprint density at radius 3 is 2.50 bits per heavy atom. The Labute approximate surface area is 131 Å². The third-order valence-electron chi connectivity index (χ3n) is 3.42. The zero-order chi connectivity index (χ0) is 15.8. The van der Waals surface area contributed by atoms with Crippen LogP contribution < -0.4 is 11.1 Å². The Morgan fingerprint density at radius 2 is 1.82 bits per heavy atom. The van der Waals surface area contributed by atoms with E-state index in [0.717, 1.165) is 12.0 Å². The number of nitrogen functional groups attached to an aromatic ring is 1. The minimum Gasteiger partial charge on any atom is -0.399 e. The molecule has 0 saturated heterocycles. The molecule has 0 bridgehead atoms. The average molecular weight is 298 g/mol. The van der Waals surface area contributed by atoms with Crippen molar-refractivity contribution in [3.05, 3.63) is 65.7 Å². The van der Waals surface area contributed by atoms with Gasteiger partial charge in [0.25, 0.3) is 5.91 Å². The number of ether oxygens (including phenoxy) is 1. The zero-order valence-corrected chi connectivity index (χ0v) is 12.8. The van der Waals surface area contributed by atoms with Crippen LogP contribution in [0.5, 0.6) is 0 Å². The predicted octanol–water partition coefficient (Wildman–Crippen LogP) is 3.17. The molecule has 4 heteroatoms. The van der Waals surface area contributed by atoms with Crippen molar-refractivity contribution in [2.45, 2.75) is 19.4 Å². The van der Waals surface area contributed by atoms with E-state index in [2.05, 4.69) is 5.32 Å². The number of hydrogen-bond donors (Lipinski definition) is 2. The topological polar surface area (TPSA) is 64.3 Å². The molecule has 0 fully saturated rings. The number of nitrogens with one attached hydrogen (secondary N) is 1. The first-order valence-corrected chi connectivity index (χ1v) is 7.47. The van der Waals surface area contributed by atoms with Gasteiger partial charge < -0.3 is 15.8 Å². The number of anilines is 1. The highest BCUT2D eigenvalue weighted by molar-refractivity contribution is 5.94. The summed E-state index contributed by atoms with van der Waals surface area (Å²) in [6.45, 7) is 3.23. The number of carbonyl (C=O) groups excluding carboxylic acids is 1. The SMILES string of the molecule is CC(OCCCNC(=O)c1ccc(N)cc1)c1ccccc1. The molecule has 1 amide bonds. The highest BCUT2D eigenvalue weighted by Gasteiger charge is 2.06. The molecule has 0 aliphatic rings. The van der Waals surface area contributed by atoms with Crippen LogP contribution in [0.25, 0.3) is 0 Å². The molecule has 0 heterocycles. The standard InChI is InChI=1S/C18H22N2O2/c1-14(15-6-3-2-4-7-15)22-13-5-12-20-18(21)16-8-10-17(19)11-9-16/h2-4,6-11,14H,5,12-13,19H2,1H3,(H,20,21). The molecule has 22 heavy (non-hydrogen) atoms. The average Bonchev–Trinajstić information content (AvgIpc) is 2.55. The van der Waals surface area contributed by atoms with E-state index in [4.69, 9.17) is 10.5 Å². The molecule has 0 spiro atoms. The molecular formula is C18H22N2O2. The number of amides is 1. The Hall–Kier alpha value is -2.33. The van der Waals surface area contributed by atoms with Crippen molar-refractivity contribution in [3.8, 4) is 0 Å². The van der Waals surface area contributed by atoms with E-state index in [1.165, 1.54) is 0 Å². The lowest BCUT2D eigenvalue weighted by Crippen LogP contribution is -2.25. The number of rotatable bonds is 7. The molecule has 4 nitrogen and oxygen atoms in total. The molecule has 1 unspecified atom stereocenters. The molecular weight excluding hydrogens is 276 g/mol. The maximum Gasteiger partial charge on any atom is 0.251 e. The third-order valence-corrected chi connectivity index (χ3v) is 3.42.